The highest BCUT2D eigenvalue weighted by atomic mass is 16.7. The van der Waals surface area contributed by atoms with Crippen molar-refractivity contribution in [3.05, 3.63) is 30.0 Å². The molecule has 1 aliphatic rings. The fourth-order valence-corrected chi connectivity index (χ4v) is 3.13. The molecular weight excluding hydrogens is 360 g/mol. The molecule has 8 nitrogen and oxygen atoms in total. The summed E-state index contributed by atoms with van der Waals surface area (Å²) in [5.74, 6) is 2.91. The van der Waals surface area contributed by atoms with Gasteiger partial charge >= 0.3 is 0 Å². The van der Waals surface area contributed by atoms with Crippen molar-refractivity contribution in [1.82, 2.24) is 9.97 Å². The summed E-state index contributed by atoms with van der Waals surface area (Å²) in [5, 5.41) is 12.6. The van der Waals surface area contributed by atoms with Crippen LogP contribution in [-0.2, 0) is 6.42 Å². The maximum absolute atomic E-state index is 9.26. The average molecular weight is 388 g/mol. The van der Waals surface area contributed by atoms with Crippen LogP contribution in [0.25, 0.3) is 0 Å². The third kappa shape index (κ3) is 5.39. The minimum absolute atomic E-state index is 0.111. The van der Waals surface area contributed by atoms with E-state index in [2.05, 4.69) is 22.2 Å². The minimum atomic E-state index is 0.111. The van der Waals surface area contributed by atoms with Crippen molar-refractivity contribution in [2.75, 3.05) is 31.1 Å². The van der Waals surface area contributed by atoms with E-state index in [0.717, 1.165) is 37.2 Å². The first-order valence-corrected chi connectivity index (χ1v) is 9.70. The summed E-state index contributed by atoms with van der Waals surface area (Å²) in [6.07, 6.45) is 5.85. The van der Waals surface area contributed by atoms with Gasteiger partial charge in [0.15, 0.2) is 23.1 Å². The lowest BCUT2D eigenvalue weighted by Crippen LogP contribution is -2.22. The number of hydrogen-bond donors (Lipinski definition) is 3. The number of rotatable bonds is 11. The van der Waals surface area contributed by atoms with E-state index in [9.17, 15) is 5.11 Å². The Kier molecular flexibility index (Phi) is 7.13. The molecule has 28 heavy (non-hydrogen) atoms. The van der Waals surface area contributed by atoms with Crippen LogP contribution in [0.15, 0.2) is 24.4 Å². The van der Waals surface area contributed by atoms with Crippen LogP contribution in [0.3, 0.4) is 0 Å². The lowest BCUT2D eigenvalue weighted by atomic mass is 10.1. The smallest absolute Gasteiger partial charge is 0.231 e. The highest BCUT2D eigenvalue weighted by Gasteiger charge is 2.15. The van der Waals surface area contributed by atoms with E-state index >= 15 is 0 Å². The van der Waals surface area contributed by atoms with Gasteiger partial charge in [0.2, 0.25) is 12.7 Å². The van der Waals surface area contributed by atoms with Crippen LogP contribution in [0, 0.1) is 0 Å². The van der Waals surface area contributed by atoms with Gasteiger partial charge in [-0.2, -0.15) is 4.98 Å². The first-order chi connectivity index (χ1) is 13.7. The Balaban J connectivity index is 1.54. The number of aliphatic hydroxyl groups is 1. The van der Waals surface area contributed by atoms with Crippen LogP contribution < -0.4 is 25.3 Å². The van der Waals surface area contributed by atoms with Crippen molar-refractivity contribution >= 4 is 11.8 Å². The zero-order valence-corrected chi connectivity index (χ0v) is 16.2. The molecule has 2 aromatic rings. The largest absolute Gasteiger partial charge is 0.488 e. The Hall–Kier alpha value is -2.74. The number of benzene rings is 1. The molecule has 152 valence electrons. The van der Waals surface area contributed by atoms with E-state index < -0.39 is 0 Å². The molecule has 0 amide bonds. The Labute approximate surface area is 165 Å². The maximum Gasteiger partial charge on any atom is 0.231 e. The Morgan fingerprint density at radius 3 is 2.96 bits per heavy atom. The van der Waals surface area contributed by atoms with Crippen molar-refractivity contribution in [3.63, 3.8) is 0 Å². The summed E-state index contributed by atoms with van der Waals surface area (Å²) >= 11 is 0. The molecule has 1 aromatic heterocycles. The topological polar surface area (TPSA) is 112 Å². The summed E-state index contributed by atoms with van der Waals surface area (Å²) in [6.45, 7) is 3.02. The Bertz CT molecular complexity index is 766. The fraction of sp³-hybridized carbons (Fsp3) is 0.500. The lowest BCUT2D eigenvalue weighted by molar-refractivity contribution is 0.174. The van der Waals surface area contributed by atoms with E-state index in [1.807, 2.05) is 18.2 Å². The molecule has 0 fully saturated rings. The monoisotopic (exact) mass is 388 g/mol. The van der Waals surface area contributed by atoms with Gasteiger partial charge in [0, 0.05) is 12.6 Å². The summed E-state index contributed by atoms with van der Waals surface area (Å²) in [7, 11) is 0. The Morgan fingerprint density at radius 2 is 2.14 bits per heavy atom. The molecule has 0 saturated heterocycles. The zero-order chi connectivity index (χ0) is 19.8. The molecule has 0 bridgehead atoms. The van der Waals surface area contributed by atoms with E-state index in [1.165, 1.54) is 5.56 Å². The molecule has 2 heterocycles. The van der Waals surface area contributed by atoms with E-state index in [4.69, 9.17) is 19.9 Å². The molecule has 3 rings (SSSR count). The number of nitrogens with zero attached hydrogens (tertiary/aromatic N) is 2. The SMILES string of the molecule is CCC[C@@H](CCO)Nc1nc(N)ncc1OCCCc1ccc2c(c1)OCO2. The number of fused-ring (bicyclic) bond motifs is 1. The number of anilines is 2. The van der Waals surface area contributed by atoms with Crippen LogP contribution >= 0.6 is 0 Å². The highest BCUT2D eigenvalue weighted by molar-refractivity contribution is 5.51. The molecule has 1 aromatic carbocycles. The van der Waals surface area contributed by atoms with Crippen LogP contribution in [0.5, 0.6) is 17.2 Å². The lowest BCUT2D eigenvalue weighted by Gasteiger charge is -2.19. The van der Waals surface area contributed by atoms with Gasteiger partial charge in [-0.15, -0.1) is 0 Å². The molecular formula is C20H28N4O4. The standard InChI is InChI=1S/C20H28N4O4/c1-2-4-15(8-9-25)23-19-18(12-22-20(21)24-19)26-10-3-5-14-6-7-16-17(11-14)28-13-27-16/h6-7,11-12,15,25H,2-5,8-10,13H2,1H3,(H3,21,22,23,24)/t15-/m0/s1. The molecule has 8 heteroatoms. The summed E-state index contributed by atoms with van der Waals surface area (Å²) in [5.41, 5.74) is 6.91. The van der Waals surface area contributed by atoms with Gasteiger partial charge in [-0.25, -0.2) is 4.98 Å². The maximum atomic E-state index is 9.26. The number of nitrogens with two attached hydrogens (primary N) is 1. The van der Waals surface area contributed by atoms with Crippen molar-refractivity contribution < 1.29 is 19.3 Å². The second-order valence-electron chi connectivity index (χ2n) is 6.72. The number of ether oxygens (including phenoxy) is 3. The fourth-order valence-electron chi connectivity index (χ4n) is 3.13. The van der Waals surface area contributed by atoms with Crippen LogP contribution in [0.2, 0.25) is 0 Å². The molecule has 0 aliphatic carbocycles. The van der Waals surface area contributed by atoms with Gasteiger partial charge < -0.3 is 30.4 Å². The predicted octanol–water partition coefficient (Wildman–Crippen LogP) is 2.76. The normalized spacial score (nSPS) is 13.4. The van der Waals surface area contributed by atoms with Gasteiger partial charge in [0.25, 0.3) is 0 Å². The van der Waals surface area contributed by atoms with E-state index in [0.29, 0.717) is 24.6 Å². The first-order valence-electron chi connectivity index (χ1n) is 9.70. The van der Waals surface area contributed by atoms with Crippen molar-refractivity contribution in [2.24, 2.45) is 0 Å². The average Bonchev–Trinajstić information content (AvgIpc) is 3.15. The highest BCUT2D eigenvalue weighted by Crippen LogP contribution is 2.32. The second kappa shape index (κ2) is 9.98. The number of nitrogen functional groups attached to an aromatic ring is 1. The second-order valence-corrected chi connectivity index (χ2v) is 6.72. The minimum Gasteiger partial charge on any atom is -0.488 e. The molecule has 0 radical (unpaired) electrons. The van der Waals surface area contributed by atoms with Crippen molar-refractivity contribution in [3.8, 4) is 17.2 Å². The van der Waals surface area contributed by atoms with Crippen LogP contribution in [-0.4, -0.2) is 41.1 Å². The number of aromatic nitrogens is 2. The Morgan fingerprint density at radius 1 is 1.29 bits per heavy atom. The predicted molar refractivity (Wildman–Crippen MR) is 107 cm³/mol. The molecule has 0 saturated carbocycles. The van der Waals surface area contributed by atoms with Gasteiger partial charge in [-0.05, 0) is 43.4 Å². The molecule has 4 N–H and O–H groups in total. The summed E-state index contributed by atoms with van der Waals surface area (Å²) in [4.78, 5) is 8.31. The van der Waals surface area contributed by atoms with Gasteiger partial charge in [0.1, 0.15) is 0 Å². The molecule has 1 aliphatic heterocycles. The molecule has 1 atom stereocenters. The van der Waals surface area contributed by atoms with E-state index in [1.54, 1.807) is 6.20 Å². The quantitative estimate of drug-likeness (QED) is 0.504. The number of aliphatic hydroxyl groups excluding tert-OH is 1. The summed E-state index contributed by atoms with van der Waals surface area (Å²) < 4.78 is 16.6. The van der Waals surface area contributed by atoms with Crippen LogP contribution in [0.1, 0.15) is 38.2 Å². The van der Waals surface area contributed by atoms with Crippen LogP contribution in [0.4, 0.5) is 11.8 Å². The van der Waals surface area contributed by atoms with E-state index in [-0.39, 0.29) is 25.4 Å². The first kappa shape index (κ1) is 20.0. The van der Waals surface area contributed by atoms with Gasteiger partial charge in [-0.3, -0.25) is 0 Å². The molecule has 0 spiro atoms. The van der Waals surface area contributed by atoms with Crippen molar-refractivity contribution in [1.29, 1.82) is 0 Å². The summed E-state index contributed by atoms with van der Waals surface area (Å²) in [6, 6.07) is 6.09. The van der Waals surface area contributed by atoms with Crippen molar-refractivity contribution in [2.45, 2.75) is 45.1 Å². The molecule has 0 unspecified atom stereocenters. The van der Waals surface area contributed by atoms with Gasteiger partial charge in [0.05, 0.1) is 12.8 Å². The number of hydrogen-bond acceptors (Lipinski definition) is 8. The number of aryl methyl sites for hydroxylation is 1. The zero-order valence-electron chi connectivity index (χ0n) is 16.2. The van der Waals surface area contributed by atoms with Gasteiger partial charge in [-0.1, -0.05) is 19.4 Å². The third-order valence-electron chi connectivity index (χ3n) is 4.53. The number of nitrogens with one attached hydrogen (secondary N) is 1. The third-order valence-corrected chi connectivity index (χ3v) is 4.53.